The molecule has 0 aromatic carbocycles. The highest BCUT2D eigenvalue weighted by Gasteiger charge is 1.25. The van der Waals surface area contributed by atoms with Gasteiger partial charge in [-0.05, 0) is 9.47 Å². The van der Waals surface area contributed by atoms with Gasteiger partial charge in [0.25, 0.3) is 0 Å². The fourth-order valence-corrected chi connectivity index (χ4v) is 0. The highest BCUT2D eigenvalue weighted by Crippen LogP contribution is 1.68. The SMILES string of the molecule is COP.N. The number of rotatable bonds is 0. The second-order valence-corrected chi connectivity index (χ2v) is 0.707. The third-order valence-corrected chi connectivity index (χ3v) is 0. The zero-order chi connectivity index (χ0) is 2.71. The van der Waals surface area contributed by atoms with E-state index in [0.717, 1.165) is 0 Å². The Balaban J connectivity index is 0. The number of hydrogen-bond donors (Lipinski definition) is 1. The maximum atomic E-state index is 4.17. The van der Waals surface area contributed by atoms with Crippen LogP contribution < -0.4 is 6.15 Å². The molecule has 0 aromatic rings. The molecule has 0 spiro atoms. The van der Waals surface area contributed by atoms with Gasteiger partial charge in [0, 0.05) is 7.11 Å². The van der Waals surface area contributed by atoms with Crippen LogP contribution in [0.15, 0.2) is 0 Å². The van der Waals surface area contributed by atoms with E-state index in [1.807, 2.05) is 0 Å². The van der Waals surface area contributed by atoms with Crippen LogP contribution in [0.1, 0.15) is 0 Å². The first-order valence-electron chi connectivity index (χ1n) is 0.644. The van der Waals surface area contributed by atoms with E-state index in [2.05, 4.69) is 14.0 Å². The first kappa shape index (κ1) is 8.84. The molecule has 3 heteroatoms. The second-order valence-electron chi connectivity index (χ2n) is 0.236. The van der Waals surface area contributed by atoms with Crippen molar-refractivity contribution in [1.29, 1.82) is 0 Å². The van der Waals surface area contributed by atoms with Crippen LogP contribution in [0.5, 0.6) is 0 Å². The highest BCUT2D eigenvalue weighted by molar-refractivity contribution is 7.09. The predicted octanol–water partition coefficient (Wildman–Crippen LogP) is 0.585. The molecule has 0 aliphatic rings. The summed E-state index contributed by atoms with van der Waals surface area (Å²) in [7, 11) is 3.67. The number of hydrogen-bond acceptors (Lipinski definition) is 2. The van der Waals surface area contributed by atoms with Crippen molar-refractivity contribution >= 4 is 9.47 Å². The van der Waals surface area contributed by atoms with E-state index in [0.29, 0.717) is 0 Å². The molecule has 0 fully saturated rings. The van der Waals surface area contributed by atoms with Crippen molar-refractivity contribution in [3.05, 3.63) is 0 Å². The van der Waals surface area contributed by atoms with Gasteiger partial charge in [0.2, 0.25) is 0 Å². The molecule has 0 radical (unpaired) electrons. The predicted molar refractivity (Wildman–Crippen MR) is 21.7 cm³/mol. The largest absolute Gasteiger partial charge is 0.369 e. The smallest absolute Gasteiger partial charge is 0.0391 e. The van der Waals surface area contributed by atoms with Gasteiger partial charge in [-0.3, -0.25) is 0 Å². The van der Waals surface area contributed by atoms with Crippen LogP contribution in [0.3, 0.4) is 0 Å². The van der Waals surface area contributed by atoms with Crippen LogP contribution in [0.4, 0.5) is 0 Å². The lowest BCUT2D eigenvalue weighted by molar-refractivity contribution is 0.488. The molecule has 0 saturated heterocycles. The van der Waals surface area contributed by atoms with E-state index < -0.39 is 0 Å². The Kier molecular flexibility index (Phi) is 22.4. The molecule has 0 heterocycles. The van der Waals surface area contributed by atoms with Crippen LogP contribution in [-0.4, -0.2) is 7.11 Å². The van der Waals surface area contributed by atoms with E-state index in [-0.39, 0.29) is 6.15 Å². The Hall–Kier alpha value is 0.350. The lowest BCUT2D eigenvalue weighted by Gasteiger charge is -1.60. The van der Waals surface area contributed by atoms with E-state index in [4.69, 9.17) is 0 Å². The third-order valence-electron chi connectivity index (χ3n) is 0. The van der Waals surface area contributed by atoms with Crippen LogP contribution in [0.2, 0.25) is 0 Å². The molecule has 0 amide bonds. The van der Waals surface area contributed by atoms with E-state index in [9.17, 15) is 0 Å². The van der Waals surface area contributed by atoms with Crippen LogP contribution in [0.25, 0.3) is 0 Å². The van der Waals surface area contributed by atoms with Crippen molar-refractivity contribution in [2.24, 2.45) is 0 Å². The zero-order valence-corrected chi connectivity index (χ0v) is 3.85. The average Bonchev–Trinajstić information content (AvgIpc) is 0.918. The summed E-state index contributed by atoms with van der Waals surface area (Å²) in [6.45, 7) is 0. The van der Waals surface area contributed by atoms with Gasteiger partial charge in [0.05, 0.1) is 0 Å². The summed E-state index contributed by atoms with van der Waals surface area (Å²) in [6, 6.07) is 0. The van der Waals surface area contributed by atoms with E-state index in [1.54, 1.807) is 7.11 Å². The van der Waals surface area contributed by atoms with Gasteiger partial charge < -0.3 is 10.7 Å². The minimum absolute atomic E-state index is 0. The van der Waals surface area contributed by atoms with Gasteiger partial charge in [-0.2, -0.15) is 0 Å². The molecule has 1 unspecified atom stereocenters. The van der Waals surface area contributed by atoms with Crippen LogP contribution >= 0.6 is 9.47 Å². The molecule has 0 bridgehead atoms. The van der Waals surface area contributed by atoms with Crippen molar-refractivity contribution in [3.8, 4) is 0 Å². The van der Waals surface area contributed by atoms with Crippen LogP contribution in [0, 0.1) is 0 Å². The second kappa shape index (κ2) is 10.2. The Bertz CT molecular complexity index is 8.00. The summed E-state index contributed by atoms with van der Waals surface area (Å²) in [6.07, 6.45) is 0. The first-order chi connectivity index (χ1) is 1.41. The molecular formula is CH8NOP. The van der Waals surface area contributed by atoms with Gasteiger partial charge in [-0.15, -0.1) is 0 Å². The third kappa shape index (κ3) is 35.0. The molecule has 0 saturated carbocycles. The minimum atomic E-state index is 0. The molecule has 1 atom stereocenters. The monoisotopic (exact) mass is 81.0 g/mol. The van der Waals surface area contributed by atoms with Gasteiger partial charge in [0.1, 0.15) is 0 Å². The minimum Gasteiger partial charge on any atom is -0.369 e. The lowest BCUT2D eigenvalue weighted by atomic mass is 11.8. The molecule has 2 nitrogen and oxygen atoms in total. The fraction of sp³-hybridized carbons (Fsp3) is 1.00. The first-order valence-corrected chi connectivity index (χ1v) is 1.12. The summed E-state index contributed by atoms with van der Waals surface area (Å²) in [5.41, 5.74) is 0. The van der Waals surface area contributed by atoms with Crippen molar-refractivity contribution in [2.75, 3.05) is 7.11 Å². The van der Waals surface area contributed by atoms with Gasteiger partial charge in [0.15, 0.2) is 0 Å². The van der Waals surface area contributed by atoms with Gasteiger partial charge in [-0.1, -0.05) is 0 Å². The summed E-state index contributed by atoms with van der Waals surface area (Å²) in [5, 5.41) is 0. The van der Waals surface area contributed by atoms with Crippen molar-refractivity contribution in [3.63, 3.8) is 0 Å². The molecular weight excluding hydrogens is 73.0 g/mol. The van der Waals surface area contributed by atoms with Crippen molar-refractivity contribution in [2.45, 2.75) is 0 Å². The summed E-state index contributed by atoms with van der Waals surface area (Å²) in [4.78, 5) is 0. The maximum absolute atomic E-state index is 4.17. The average molecular weight is 81.1 g/mol. The molecule has 3 N–H and O–H groups in total. The molecule has 4 heavy (non-hydrogen) atoms. The standard InChI is InChI=1S/CH5OP.H3N/c1-2-3;/h3H2,1H3;1H3. The summed E-state index contributed by atoms with van der Waals surface area (Å²) >= 11 is 0. The topological polar surface area (TPSA) is 44.2 Å². The van der Waals surface area contributed by atoms with Crippen molar-refractivity contribution in [1.82, 2.24) is 6.15 Å². The van der Waals surface area contributed by atoms with Crippen LogP contribution in [-0.2, 0) is 4.52 Å². The normalized spacial score (nSPS) is 4.50. The van der Waals surface area contributed by atoms with E-state index >= 15 is 0 Å². The molecule has 0 aromatic heterocycles. The van der Waals surface area contributed by atoms with Crippen molar-refractivity contribution < 1.29 is 4.52 Å². The highest BCUT2D eigenvalue weighted by atomic mass is 31.0. The Morgan fingerprint density at radius 2 is 1.75 bits per heavy atom. The zero-order valence-electron chi connectivity index (χ0n) is 2.69. The molecule has 0 rings (SSSR count). The van der Waals surface area contributed by atoms with E-state index in [1.165, 1.54) is 0 Å². The summed E-state index contributed by atoms with van der Waals surface area (Å²) in [5.74, 6) is 0. The summed E-state index contributed by atoms with van der Waals surface area (Å²) < 4.78 is 4.17. The van der Waals surface area contributed by atoms with Gasteiger partial charge >= 0.3 is 0 Å². The lowest BCUT2D eigenvalue weighted by Crippen LogP contribution is -1.37. The Labute approximate surface area is 28.4 Å². The Morgan fingerprint density at radius 3 is 1.75 bits per heavy atom. The molecule has 0 aliphatic heterocycles. The maximum Gasteiger partial charge on any atom is 0.0391 e. The Morgan fingerprint density at radius 1 is 1.75 bits per heavy atom. The van der Waals surface area contributed by atoms with Gasteiger partial charge in [-0.25, -0.2) is 0 Å². The molecule has 0 aliphatic carbocycles. The molecule has 28 valence electrons. The fourth-order valence-electron chi connectivity index (χ4n) is 0. The quantitative estimate of drug-likeness (QED) is 0.433.